The van der Waals surface area contributed by atoms with Gasteiger partial charge in [-0.05, 0) is 37.0 Å². The Labute approximate surface area is 146 Å². The lowest BCUT2D eigenvalue weighted by atomic mass is 10.1. The molecule has 0 radical (unpaired) electrons. The maximum atomic E-state index is 4.57. The van der Waals surface area contributed by atoms with Crippen LogP contribution in [-0.2, 0) is 13.0 Å². The van der Waals surface area contributed by atoms with Gasteiger partial charge in [0.1, 0.15) is 5.52 Å². The van der Waals surface area contributed by atoms with E-state index < -0.39 is 0 Å². The third-order valence-corrected chi connectivity index (χ3v) is 4.19. The quantitative estimate of drug-likeness (QED) is 0.503. The molecule has 0 spiro atoms. The fourth-order valence-electron chi connectivity index (χ4n) is 2.85. The maximum absolute atomic E-state index is 4.57. The van der Waals surface area contributed by atoms with Crippen molar-refractivity contribution in [2.75, 3.05) is 0 Å². The average Bonchev–Trinajstić information content (AvgIpc) is 3.15. The zero-order valence-electron chi connectivity index (χ0n) is 13.9. The van der Waals surface area contributed by atoms with Gasteiger partial charge in [-0.3, -0.25) is 9.67 Å². The van der Waals surface area contributed by atoms with Gasteiger partial charge in [-0.25, -0.2) is 9.97 Å². The van der Waals surface area contributed by atoms with E-state index in [1.165, 1.54) is 5.56 Å². The van der Waals surface area contributed by atoms with E-state index in [1.807, 2.05) is 29.2 Å². The Morgan fingerprint density at radius 1 is 0.880 bits per heavy atom. The van der Waals surface area contributed by atoms with Gasteiger partial charge in [0.05, 0.1) is 18.1 Å². The topological polar surface area (TPSA) is 56.5 Å². The van der Waals surface area contributed by atoms with E-state index in [2.05, 4.69) is 50.4 Å². The van der Waals surface area contributed by atoms with Crippen LogP contribution in [0.3, 0.4) is 0 Å². The van der Waals surface area contributed by atoms with Crippen LogP contribution in [0.15, 0.2) is 67.3 Å². The molecule has 1 aromatic carbocycles. The molecule has 4 aromatic rings. The zero-order valence-corrected chi connectivity index (χ0v) is 13.9. The van der Waals surface area contributed by atoms with Crippen molar-refractivity contribution in [3.8, 4) is 11.3 Å². The Hall–Kier alpha value is -3.08. The fourth-order valence-corrected chi connectivity index (χ4v) is 2.85. The third kappa shape index (κ3) is 3.71. The number of hydrogen-bond acceptors (Lipinski definition) is 4. The first-order valence-corrected chi connectivity index (χ1v) is 8.53. The molecule has 0 amide bonds. The normalized spacial score (nSPS) is 11.0. The molecular formula is C20H19N5. The number of hydrogen-bond donors (Lipinski definition) is 0. The molecule has 0 bridgehead atoms. The van der Waals surface area contributed by atoms with Crippen molar-refractivity contribution in [1.82, 2.24) is 24.7 Å². The highest BCUT2D eigenvalue weighted by Crippen LogP contribution is 2.17. The molecule has 0 aliphatic rings. The van der Waals surface area contributed by atoms with Crippen LogP contribution in [0.4, 0.5) is 0 Å². The van der Waals surface area contributed by atoms with Crippen LogP contribution >= 0.6 is 0 Å². The minimum atomic E-state index is 0.663. The molecule has 0 aliphatic heterocycles. The highest BCUT2D eigenvalue weighted by atomic mass is 15.3. The predicted molar refractivity (Wildman–Crippen MR) is 97.9 cm³/mol. The number of rotatable bonds is 6. The van der Waals surface area contributed by atoms with Crippen molar-refractivity contribution in [3.63, 3.8) is 0 Å². The third-order valence-electron chi connectivity index (χ3n) is 4.19. The molecule has 0 atom stereocenters. The number of unbranched alkanes of at least 4 members (excludes halogenated alkanes) is 1. The lowest BCUT2D eigenvalue weighted by Gasteiger charge is -2.02. The fraction of sp³-hybridized carbons (Fsp3) is 0.200. The van der Waals surface area contributed by atoms with Crippen LogP contribution in [0.5, 0.6) is 0 Å². The first-order chi connectivity index (χ1) is 12.4. The SMILES string of the molecule is c1ccc(CCCCn2cc(-c3cnc4cccnc4n3)cn2)cc1. The van der Waals surface area contributed by atoms with Crippen LogP contribution in [0, 0.1) is 0 Å². The van der Waals surface area contributed by atoms with Crippen LogP contribution in [-0.4, -0.2) is 24.7 Å². The average molecular weight is 329 g/mol. The molecule has 124 valence electrons. The minimum absolute atomic E-state index is 0.663. The molecule has 0 N–H and O–H groups in total. The molecule has 5 heteroatoms. The summed E-state index contributed by atoms with van der Waals surface area (Å²) in [5.74, 6) is 0. The molecule has 0 unspecified atom stereocenters. The van der Waals surface area contributed by atoms with Crippen LogP contribution in [0.25, 0.3) is 22.4 Å². The van der Waals surface area contributed by atoms with Gasteiger partial charge in [0, 0.05) is 24.5 Å². The lowest BCUT2D eigenvalue weighted by molar-refractivity contribution is 0.558. The summed E-state index contributed by atoms with van der Waals surface area (Å²) < 4.78 is 1.98. The Balaban J connectivity index is 1.38. The standard InChI is InChI=1S/C20H19N5/c1-2-7-16(8-3-1)9-4-5-12-25-15-17(13-23-25)19-14-22-18-10-6-11-21-20(18)24-19/h1-3,6-8,10-11,13-15H,4-5,9,12H2. The van der Waals surface area contributed by atoms with Crippen molar-refractivity contribution >= 4 is 11.2 Å². The molecule has 0 saturated carbocycles. The maximum Gasteiger partial charge on any atom is 0.178 e. The van der Waals surface area contributed by atoms with E-state index in [1.54, 1.807) is 12.4 Å². The van der Waals surface area contributed by atoms with Crippen LogP contribution < -0.4 is 0 Å². The van der Waals surface area contributed by atoms with Gasteiger partial charge < -0.3 is 0 Å². The Morgan fingerprint density at radius 3 is 2.72 bits per heavy atom. The molecule has 3 heterocycles. The second-order valence-corrected chi connectivity index (χ2v) is 6.04. The lowest BCUT2D eigenvalue weighted by Crippen LogP contribution is -1.99. The largest absolute Gasteiger partial charge is 0.272 e. The van der Waals surface area contributed by atoms with E-state index in [0.29, 0.717) is 5.65 Å². The van der Waals surface area contributed by atoms with E-state index in [-0.39, 0.29) is 0 Å². The number of pyridine rings is 1. The summed E-state index contributed by atoms with van der Waals surface area (Å²) in [5.41, 5.74) is 4.64. The molecule has 5 nitrogen and oxygen atoms in total. The number of aromatic nitrogens is 5. The van der Waals surface area contributed by atoms with Crippen LogP contribution in [0.2, 0.25) is 0 Å². The highest BCUT2D eigenvalue weighted by Gasteiger charge is 2.06. The van der Waals surface area contributed by atoms with Gasteiger partial charge in [-0.1, -0.05) is 30.3 Å². The second kappa shape index (κ2) is 7.21. The molecule has 25 heavy (non-hydrogen) atoms. The van der Waals surface area contributed by atoms with Gasteiger partial charge in [-0.2, -0.15) is 5.10 Å². The minimum Gasteiger partial charge on any atom is -0.272 e. The van der Waals surface area contributed by atoms with Gasteiger partial charge in [0.2, 0.25) is 0 Å². The first kappa shape index (κ1) is 15.4. The summed E-state index contributed by atoms with van der Waals surface area (Å²) in [6, 6.07) is 14.4. The number of fused-ring (bicyclic) bond motifs is 1. The summed E-state index contributed by atoms with van der Waals surface area (Å²) in [6.45, 7) is 0.909. The van der Waals surface area contributed by atoms with Crippen molar-refractivity contribution in [1.29, 1.82) is 0 Å². The number of benzene rings is 1. The molecule has 3 aromatic heterocycles. The van der Waals surface area contributed by atoms with Crippen molar-refractivity contribution in [3.05, 3.63) is 72.8 Å². The Kier molecular flexibility index (Phi) is 4.46. The Bertz CT molecular complexity index is 962. The molecule has 4 rings (SSSR count). The second-order valence-electron chi connectivity index (χ2n) is 6.04. The van der Waals surface area contributed by atoms with E-state index in [0.717, 1.165) is 42.6 Å². The summed E-state index contributed by atoms with van der Waals surface area (Å²) in [6.07, 6.45) is 10.7. The summed E-state index contributed by atoms with van der Waals surface area (Å²) in [5, 5.41) is 4.45. The van der Waals surface area contributed by atoms with Gasteiger partial charge in [0.15, 0.2) is 5.65 Å². The van der Waals surface area contributed by atoms with Crippen molar-refractivity contribution in [2.45, 2.75) is 25.8 Å². The highest BCUT2D eigenvalue weighted by molar-refractivity contribution is 5.72. The first-order valence-electron chi connectivity index (χ1n) is 8.53. The number of aryl methyl sites for hydroxylation is 2. The monoisotopic (exact) mass is 329 g/mol. The van der Waals surface area contributed by atoms with Crippen molar-refractivity contribution < 1.29 is 0 Å². The predicted octanol–water partition coefficient (Wildman–Crippen LogP) is 3.91. The summed E-state index contributed by atoms with van der Waals surface area (Å²) >= 11 is 0. The summed E-state index contributed by atoms with van der Waals surface area (Å²) in [4.78, 5) is 13.2. The van der Waals surface area contributed by atoms with Crippen molar-refractivity contribution in [2.24, 2.45) is 0 Å². The zero-order chi connectivity index (χ0) is 16.9. The van der Waals surface area contributed by atoms with E-state index in [9.17, 15) is 0 Å². The molecular weight excluding hydrogens is 310 g/mol. The Morgan fingerprint density at radius 2 is 1.80 bits per heavy atom. The van der Waals surface area contributed by atoms with Gasteiger partial charge in [0.25, 0.3) is 0 Å². The van der Waals surface area contributed by atoms with E-state index >= 15 is 0 Å². The van der Waals surface area contributed by atoms with Gasteiger partial charge in [-0.15, -0.1) is 0 Å². The van der Waals surface area contributed by atoms with Crippen LogP contribution in [0.1, 0.15) is 18.4 Å². The molecule has 0 saturated heterocycles. The summed E-state index contributed by atoms with van der Waals surface area (Å²) in [7, 11) is 0. The van der Waals surface area contributed by atoms with Gasteiger partial charge >= 0.3 is 0 Å². The molecule has 0 fully saturated rings. The smallest absolute Gasteiger partial charge is 0.178 e. The number of nitrogens with zero attached hydrogens (tertiary/aromatic N) is 5. The molecule has 0 aliphatic carbocycles. The van der Waals surface area contributed by atoms with E-state index in [4.69, 9.17) is 0 Å².